The van der Waals surface area contributed by atoms with Gasteiger partial charge in [0.05, 0.1) is 10.6 Å². The highest BCUT2D eigenvalue weighted by Crippen LogP contribution is 2.34. The van der Waals surface area contributed by atoms with E-state index in [0.717, 1.165) is 5.56 Å². The molecule has 3 N–H and O–H groups in total. The molecule has 0 radical (unpaired) electrons. The highest BCUT2D eigenvalue weighted by atomic mass is 16.6. The van der Waals surface area contributed by atoms with Gasteiger partial charge in [-0.3, -0.25) is 14.9 Å². The van der Waals surface area contributed by atoms with Crippen LogP contribution in [-0.2, 0) is 16.0 Å². The molecule has 21 heavy (non-hydrogen) atoms. The smallest absolute Gasteiger partial charge is 0.326 e. The second kappa shape index (κ2) is 5.78. The lowest BCUT2D eigenvalue weighted by Gasteiger charge is -2.20. The van der Waals surface area contributed by atoms with E-state index in [0.29, 0.717) is 24.9 Å². The van der Waals surface area contributed by atoms with Crippen molar-refractivity contribution in [2.75, 3.05) is 10.6 Å². The molecule has 1 atom stereocenters. The Labute approximate surface area is 120 Å². The first kappa shape index (κ1) is 14.8. The number of aryl methyl sites for hydroxylation is 1. The molecule has 0 aliphatic carbocycles. The Morgan fingerprint density at radius 3 is 2.81 bits per heavy atom. The number of amides is 1. The number of aliphatic carboxylic acids is 1. The van der Waals surface area contributed by atoms with E-state index in [4.69, 9.17) is 5.11 Å². The first-order valence-corrected chi connectivity index (χ1v) is 6.53. The second-order valence-corrected chi connectivity index (χ2v) is 4.78. The van der Waals surface area contributed by atoms with E-state index in [-0.39, 0.29) is 17.3 Å². The van der Waals surface area contributed by atoms with Crippen LogP contribution in [0.3, 0.4) is 0 Å². The Kier molecular flexibility index (Phi) is 4.06. The standard InChI is InChI=1S/C13H15N3O5/c1-2-8(13(18)19)14-10-5-7-3-4-12(17)15-9(7)6-11(10)16(20)21/h5-6,8,14H,2-4H2,1H3,(H,15,17)(H,18,19). The molecule has 1 heterocycles. The van der Waals surface area contributed by atoms with Crippen molar-refractivity contribution in [3.05, 3.63) is 27.8 Å². The molecule has 0 bridgehead atoms. The summed E-state index contributed by atoms with van der Waals surface area (Å²) in [6.07, 6.45) is 1.07. The predicted molar refractivity (Wildman–Crippen MR) is 75.4 cm³/mol. The fourth-order valence-electron chi connectivity index (χ4n) is 2.21. The number of nitrogens with one attached hydrogen (secondary N) is 2. The molecule has 8 nitrogen and oxygen atoms in total. The molecule has 8 heteroatoms. The first-order valence-electron chi connectivity index (χ1n) is 6.53. The van der Waals surface area contributed by atoms with Gasteiger partial charge in [0, 0.05) is 12.5 Å². The van der Waals surface area contributed by atoms with Gasteiger partial charge in [-0.05, 0) is 24.5 Å². The number of anilines is 2. The van der Waals surface area contributed by atoms with Gasteiger partial charge in [0.15, 0.2) is 0 Å². The minimum Gasteiger partial charge on any atom is -0.480 e. The Bertz CT molecular complexity index is 614. The van der Waals surface area contributed by atoms with Crippen molar-refractivity contribution in [1.82, 2.24) is 0 Å². The molecular weight excluding hydrogens is 278 g/mol. The predicted octanol–water partition coefficient (Wildman–Crippen LogP) is 1.75. The van der Waals surface area contributed by atoms with Crippen LogP contribution in [-0.4, -0.2) is 27.9 Å². The molecule has 1 amide bonds. The van der Waals surface area contributed by atoms with Crippen molar-refractivity contribution in [3.8, 4) is 0 Å². The maximum Gasteiger partial charge on any atom is 0.326 e. The third-order valence-corrected chi connectivity index (χ3v) is 3.35. The van der Waals surface area contributed by atoms with Crippen LogP contribution in [0.1, 0.15) is 25.3 Å². The summed E-state index contributed by atoms with van der Waals surface area (Å²) in [5.74, 6) is -1.26. The van der Waals surface area contributed by atoms with Crippen molar-refractivity contribution in [2.45, 2.75) is 32.2 Å². The third kappa shape index (κ3) is 3.10. The summed E-state index contributed by atoms with van der Waals surface area (Å²) in [6.45, 7) is 1.68. The van der Waals surface area contributed by atoms with Crippen LogP contribution >= 0.6 is 0 Å². The van der Waals surface area contributed by atoms with Crippen LogP contribution in [0.2, 0.25) is 0 Å². The molecule has 1 unspecified atom stereocenters. The van der Waals surface area contributed by atoms with E-state index >= 15 is 0 Å². The molecule has 0 saturated carbocycles. The maximum absolute atomic E-state index is 11.3. The van der Waals surface area contributed by atoms with Gasteiger partial charge >= 0.3 is 5.97 Å². The minimum absolute atomic E-state index is 0.157. The van der Waals surface area contributed by atoms with Gasteiger partial charge in [-0.15, -0.1) is 0 Å². The zero-order valence-electron chi connectivity index (χ0n) is 11.4. The van der Waals surface area contributed by atoms with Crippen LogP contribution in [0.4, 0.5) is 17.1 Å². The average molecular weight is 293 g/mol. The number of nitro groups is 1. The van der Waals surface area contributed by atoms with Gasteiger partial charge in [0.2, 0.25) is 5.91 Å². The Morgan fingerprint density at radius 2 is 2.24 bits per heavy atom. The summed E-state index contributed by atoms with van der Waals surface area (Å²) in [5.41, 5.74) is 1.06. The van der Waals surface area contributed by atoms with Gasteiger partial charge in [-0.1, -0.05) is 6.92 Å². The molecule has 1 aromatic carbocycles. The molecule has 1 aromatic rings. The molecule has 1 aliphatic rings. The number of rotatable bonds is 5. The maximum atomic E-state index is 11.3. The summed E-state index contributed by atoms with van der Waals surface area (Å²) >= 11 is 0. The number of benzene rings is 1. The highest BCUT2D eigenvalue weighted by Gasteiger charge is 2.25. The average Bonchev–Trinajstić information content (AvgIpc) is 2.43. The zero-order chi connectivity index (χ0) is 15.6. The van der Waals surface area contributed by atoms with Gasteiger partial charge in [0.1, 0.15) is 11.7 Å². The molecule has 0 spiro atoms. The van der Waals surface area contributed by atoms with E-state index in [1.165, 1.54) is 6.07 Å². The van der Waals surface area contributed by atoms with Crippen molar-refractivity contribution >= 4 is 28.9 Å². The van der Waals surface area contributed by atoms with E-state index in [1.54, 1.807) is 13.0 Å². The number of hydrogen-bond acceptors (Lipinski definition) is 5. The normalized spacial score (nSPS) is 14.8. The van der Waals surface area contributed by atoms with Crippen molar-refractivity contribution in [3.63, 3.8) is 0 Å². The number of carboxylic acids is 1. The minimum atomic E-state index is -1.07. The Morgan fingerprint density at radius 1 is 1.52 bits per heavy atom. The molecular formula is C13H15N3O5. The number of nitrogens with zero attached hydrogens (tertiary/aromatic N) is 1. The van der Waals surface area contributed by atoms with Crippen LogP contribution in [0, 0.1) is 10.1 Å². The summed E-state index contributed by atoms with van der Waals surface area (Å²) in [4.78, 5) is 32.9. The highest BCUT2D eigenvalue weighted by molar-refractivity contribution is 5.95. The summed E-state index contributed by atoms with van der Waals surface area (Å²) in [7, 11) is 0. The van der Waals surface area contributed by atoms with Gasteiger partial charge in [-0.2, -0.15) is 0 Å². The number of hydrogen-bond donors (Lipinski definition) is 3. The Hall–Kier alpha value is -2.64. The van der Waals surface area contributed by atoms with Crippen LogP contribution in [0.15, 0.2) is 12.1 Å². The Balaban J connectivity index is 2.42. The monoisotopic (exact) mass is 293 g/mol. The molecule has 2 rings (SSSR count). The van der Waals surface area contributed by atoms with Crippen LogP contribution in [0.5, 0.6) is 0 Å². The molecule has 112 valence electrons. The molecule has 1 aliphatic heterocycles. The zero-order valence-corrected chi connectivity index (χ0v) is 11.4. The topological polar surface area (TPSA) is 122 Å². The van der Waals surface area contributed by atoms with Crippen LogP contribution in [0.25, 0.3) is 0 Å². The van der Waals surface area contributed by atoms with E-state index in [1.807, 2.05) is 0 Å². The number of carbonyl (C=O) groups is 2. The number of carbonyl (C=O) groups excluding carboxylic acids is 1. The van der Waals surface area contributed by atoms with Gasteiger partial charge in [-0.25, -0.2) is 4.79 Å². The second-order valence-electron chi connectivity index (χ2n) is 4.78. The van der Waals surface area contributed by atoms with Crippen molar-refractivity contribution < 1.29 is 19.6 Å². The van der Waals surface area contributed by atoms with E-state index < -0.39 is 16.9 Å². The SMILES string of the molecule is CCC(Nc1cc2c(cc1[N+](=O)[O-])NC(=O)CC2)C(=O)O. The lowest BCUT2D eigenvalue weighted by Crippen LogP contribution is -2.29. The van der Waals surface area contributed by atoms with Gasteiger partial charge < -0.3 is 15.7 Å². The fraction of sp³-hybridized carbons (Fsp3) is 0.385. The van der Waals surface area contributed by atoms with E-state index in [2.05, 4.69) is 10.6 Å². The van der Waals surface area contributed by atoms with Crippen molar-refractivity contribution in [1.29, 1.82) is 0 Å². The summed E-state index contributed by atoms with van der Waals surface area (Å²) in [5, 5.41) is 25.5. The molecule has 0 fully saturated rings. The molecule has 0 aromatic heterocycles. The fourth-order valence-corrected chi connectivity index (χ4v) is 2.21. The summed E-state index contributed by atoms with van der Waals surface area (Å²) < 4.78 is 0. The van der Waals surface area contributed by atoms with Crippen LogP contribution < -0.4 is 10.6 Å². The van der Waals surface area contributed by atoms with E-state index in [9.17, 15) is 19.7 Å². The number of nitro benzene ring substituents is 1. The lowest BCUT2D eigenvalue weighted by atomic mass is 10.0. The first-order chi connectivity index (χ1) is 9.92. The quantitative estimate of drug-likeness (QED) is 0.561. The summed E-state index contributed by atoms with van der Waals surface area (Å²) in [6, 6.07) is 1.90. The number of carboxylic acid groups (broad SMARTS) is 1. The largest absolute Gasteiger partial charge is 0.480 e. The van der Waals surface area contributed by atoms with Gasteiger partial charge in [0.25, 0.3) is 5.69 Å². The number of fused-ring (bicyclic) bond motifs is 1. The molecule has 0 saturated heterocycles. The van der Waals surface area contributed by atoms with Crippen molar-refractivity contribution in [2.24, 2.45) is 0 Å². The third-order valence-electron chi connectivity index (χ3n) is 3.35. The lowest BCUT2D eigenvalue weighted by molar-refractivity contribution is -0.383.